The van der Waals surface area contributed by atoms with Crippen LogP contribution in [0, 0.1) is 0 Å². The molecule has 8 heteroatoms. The largest absolute Gasteiger partial charge is 0.464 e. The number of ether oxygens (including phenoxy) is 1. The average molecular weight is 302 g/mol. The van der Waals surface area contributed by atoms with Gasteiger partial charge in [0.15, 0.2) is 5.65 Å². The van der Waals surface area contributed by atoms with E-state index in [0.717, 1.165) is 49.5 Å². The molecule has 2 fully saturated rings. The third kappa shape index (κ3) is 2.10. The lowest BCUT2D eigenvalue weighted by molar-refractivity contribution is -0.142. The topological polar surface area (TPSA) is 76.4 Å². The number of rotatable bonds is 2. The second-order valence-electron chi connectivity index (χ2n) is 5.70. The van der Waals surface area contributed by atoms with Crippen LogP contribution in [0.1, 0.15) is 6.42 Å². The molecule has 116 valence electrons. The Hall–Kier alpha value is -2.22. The van der Waals surface area contributed by atoms with Gasteiger partial charge >= 0.3 is 5.97 Å². The lowest BCUT2D eigenvalue weighted by Crippen LogP contribution is -2.51. The van der Waals surface area contributed by atoms with Gasteiger partial charge in [-0.1, -0.05) is 0 Å². The molecular weight excluding hydrogens is 284 g/mol. The molecule has 1 atom stereocenters. The molecule has 2 saturated heterocycles. The van der Waals surface area contributed by atoms with Crippen LogP contribution in [-0.4, -0.2) is 69.4 Å². The van der Waals surface area contributed by atoms with E-state index in [2.05, 4.69) is 24.9 Å². The first-order chi connectivity index (χ1) is 10.7. The van der Waals surface area contributed by atoms with Gasteiger partial charge in [0.05, 0.1) is 18.2 Å². The van der Waals surface area contributed by atoms with E-state index in [9.17, 15) is 4.79 Å². The van der Waals surface area contributed by atoms with Gasteiger partial charge in [0.25, 0.3) is 0 Å². The van der Waals surface area contributed by atoms with Crippen molar-refractivity contribution in [2.45, 2.75) is 12.5 Å². The first-order valence-corrected chi connectivity index (χ1v) is 7.52. The molecule has 22 heavy (non-hydrogen) atoms. The van der Waals surface area contributed by atoms with Crippen LogP contribution in [0.4, 0.5) is 5.82 Å². The van der Waals surface area contributed by atoms with E-state index < -0.39 is 0 Å². The Balaban J connectivity index is 1.52. The van der Waals surface area contributed by atoms with Crippen LogP contribution in [0.3, 0.4) is 0 Å². The van der Waals surface area contributed by atoms with Crippen LogP contribution in [-0.2, 0) is 16.6 Å². The first-order valence-electron chi connectivity index (χ1n) is 7.52. The van der Waals surface area contributed by atoms with Crippen molar-refractivity contribution in [3.63, 3.8) is 0 Å². The molecule has 2 aromatic heterocycles. The highest BCUT2D eigenvalue weighted by atomic mass is 16.5. The third-order valence-corrected chi connectivity index (χ3v) is 4.47. The van der Waals surface area contributed by atoms with E-state index in [1.165, 1.54) is 0 Å². The molecule has 2 aliphatic rings. The third-order valence-electron chi connectivity index (χ3n) is 4.47. The van der Waals surface area contributed by atoms with E-state index in [1.54, 1.807) is 11.0 Å². The van der Waals surface area contributed by atoms with Crippen molar-refractivity contribution < 1.29 is 9.53 Å². The zero-order valence-corrected chi connectivity index (χ0v) is 12.5. The minimum absolute atomic E-state index is 0.0639. The van der Waals surface area contributed by atoms with Crippen LogP contribution in [0.2, 0.25) is 0 Å². The van der Waals surface area contributed by atoms with Gasteiger partial charge in [0.2, 0.25) is 0 Å². The molecule has 0 saturated carbocycles. The van der Waals surface area contributed by atoms with E-state index in [4.69, 9.17) is 4.74 Å². The minimum Gasteiger partial charge on any atom is -0.464 e. The second kappa shape index (κ2) is 5.20. The Morgan fingerprint density at radius 1 is 1.23 bits per heavy atom. The zero-order valence-electron chi connectivity index (χ0n) is 12.5. The fraction of sp³-hybridized carbons (Fsp3) is 0.571. The summed E-state index contributed by atoms with van der Waals surface area (Å²) < 4.78 is 6.82. The van der Waals surface area contributed by atoms with E-state index in [0.29, 0.717) is 6.61 Å². The van der Waals surface area contributed by atoms with Crippen molar-refractivity contribution in [1.82, 2.24) is 24.6 Å². The van der Waals surface area contributed by atoms with Gasteiger partial charge in [-0.2, -0.15) is 5.10 Å². The molecule has 4 heterocycles. The number of anilines is 1. The summed E-state index contributed by atoms with van der Waals surface area (Å²) in [7, 11) is 1.88. The monoisotopic (exact) mass is 302 g/mol. The number of fused-ring (bicyclic) bond motifs is 1. The molecule has 0 spiro atoms. The predicted molar refractivity (Wildman–Crippen MR) is 79.5 cm³/mol. The lowest BCUT2D eigenvalue weighted by atomic mass is 10.2. The summed E-state index contributed by atoms with van der Waals surface area (Å²) in [4.78, 5) is 24.9. The van der Waals surface area contributed by atoms with Crippen molar-refractivity contribution in [3.8, 4) is 0 Å². The molecule has 0 radical (unpaired) electrons. The molecule has 1 unspecified atom stereocenters. The first kappa shape index (κ1) is 13.4. The van der Waals surface area contributed by atoms with Gasteiger partial charge in [-0.05, 0) is 0 Å². The molecule has 0 aromatic carbocycles. The number of hydrogen-bond acceptors (Lipinski definition) is 7. The van der Waals surface area contributed by atoms with Crippen molar-refractivity contribution in [1.29, 1.82) is 0 Å². The number of aryl methyl sites for hydroxylation is 1. The Kier molecular flexibility index (Phi) is 3.18. The number of piperazine rings is 1. The van der Waals surface area contributed by atoms with Crippen LogP contribution in [0.25, 0.3) is 11.0 Å². The Labute approximate surface area is 127 Å². The fourth-order valence-electron chi connectivity index (χ4n) is 3.26. The van der Waals surface area contributed by atoms with E-state index >= 15 is 0 Å². The van der Waals surface area contributed by atoms with Gasteiger partial charge in [0.1, 0.15) is 18.2 Å². The molecule has 0 bridgehead atoms. The highest BCUT2D eigenvalue weighted by Crippen LogP contribution is 2.24. The minimum atomic E-state index is -0.0786. The summed E-state index contributed by atoms with van der Waals surface area (Å²) >= 11 is 0. The normalized spacial score (nSPS) is 23.2. The van der Waals surface area contributed by atoms with Gasteiger partial charge in [0, 0.05) is 39.6 Å². The second-order valence-corrected chi connectivity index (χ2v) is 5.70. The summed E-state index contributed by atoms with van der Waals surface area (Å²) in [5, 5.41) is 5.23. The molecule has 8 nitrogen and oxygen atoms in total. The molecular formula is C14H18N6O2. The van der Waals surface area contributed by atoms with E-state index in [-0.39, 0.29) is 12.0 Å². The summed E-state index contributed by atoms with van der Waals surface area (Å²) in [6.45, 7) is 3.90. The van der Waals surface area contributed by atoms with Crippen molar-refractivity contribution in [2.24, 2.45) is 7.05 Å². The smallest absolute Gasteiger partial charge is 0.323 e. The average Bonchev–Trinajstić information content (AvgIpc) is 3.14. The van der Waals surface area contributed by atoms with Crippen LogP contribution < -0.4 is 4.90 Å². The number of carbonyl (C=O) groups is 1. The van der Waals surface area contributed by atoms with Crippen molar-refractivity contribution >= 4 is 22.8 Å². The number of nitrogens with zero attached hydrogens (tertiary/aromatic N) is 6. The molecule has 4 rings (SSSR count). The van der Waals surface area contributed by atoms with Gasteiger partial charge in [-0.25, -0.2) is 9.97 Å². The summed E-state index contributed by atoms with van der Waals surface area (Å²) in [6.07, 6.45) is 4.20. The van der Waals surface area contributed by atoms with E-state index in [1.807, 2.05) is 13.2 Å². The summed E-state index contributed by atoms with van der Waals surface area (Å²) in [5.41, 5.74) is 0.840. The fourth-order valence-corrected chi connectivity index (χ4v) is 3.26. The maximum absolute atomic E-state index is 11.7. The Bertz CT molecular complexity index is 706. The van der Waals surface area contributed by atoms with Gasteiger partial charge in [-0.3, -0.25) is 14.4 Å². The zero-order chi connectivity index (χ0) is 15.1. The number of aromatic nitrogens is 4. The Morgan fingerprint density at radius 3 is 2.77 bits per heavy atom. The van der Waals surface area contributed by atoms with Crippen LogP contribution in [0.5, 0.6) is 0 Å². The number of carbonyl (C=O) groups excluding carboxylic acids is 1. The highest BCUT2D eigenvalue weighted by Gasteiger charge is 2.34. The van der Waals surface area contributed by atoms with Crippen LogP contribution in [0.15, 0.2) is 12.5 Å². The SMILES string of the molecule is Cn1ncc2c(N3CCN(C4CCOC4=O)CC3)ncnc21. The number of hydrogen-bond donors (Lipinski definition) is 0. The molecule has 2 aromatic rings. The van der Waals surface area contributed by atoms with Gasteiger partial charge < -0.3 is 9.64 Å². The van der Waals surface area contributed by atoms with Crippen molar-refractivity contribution in [3.05, 3.63) is 12.5 Å². The maximum atomic E-state index is 11.7. The predicted octanol–water partition coefficient (Wildman–Crippen LogP) is -0.199. The molecule has 0 amide bonds. The number of cyclic esters (lactones) is 1. The lowest BCUT2D eigenvalue weighted by Gasteiger charge is -2.37. The Morgan fingerprint density at radius 2 is 2.05 bits per heavy atom. The molecule has 2 aliphatic heterocycles. The quantitative estimate of drug-likeness (QED) is 0.711. The van der Waals surface area contributed by atoms with Crippen molar-refractivity contribution in [2.75, 3.05) is 37.7 Å². The standard InChI is InChI=1S/C14H18N6O2/c1-18-12-10(8-17-18)13(16-9-15-12)20-5-3-19(4-6-20)11-2-7-22-14(11)21/h8-9,11H,2-7H2,1H3. The summed E-state index contributed by atoms with van der Waals surface area (Å²) in [5.74, 6) is 0.844. The van der Waals surface area contributed by atoms with Gasteiger partial charge in [-0.15, -0.1) is 0 Å². The molecule has 0 aliphatic carbocycles. The van der Waals surface area contributed by atoms with Crippen LogP contribution >= 0.6 is 0 Å². The highest BCUT2D eigenvalue weighted by molar-refractivity contribution is 5.86. The molecule has 0 N–H and O–H groups in total. The number of esters is 1. The summed E-state index contributed by atoms with van der Waals surface area (Å²) in [6, 6.07) is -0.0639. The maximum Gasteiger partial charge on any atom is 0.323 e.